The van der Waals surface area contributed by atoms with Gasteiger partial charge in [0.05, 0.1) is 10.6 Å². The van der Waals surface area contributed by atoms with Gasteiger partial charge in [-0.1, -0.05) is 12.5 Å². The van der Waals surface area contributed by atoms with Crippen molar-refractivity contribution in [1.29, 1.82) is 0 Å². The maximum Gasteiger partial charge on any atom is 0.321 e. The van der Waals surface area contributed by atoms with Crippen LogP contribution in [0.3, 0.4) is 0 Å². The number of benzene rings is 1. The molecule has 2 aliphatic rings. The van der Waals surface area contributed by atoms with E-state index in [2.05, 4.69) is 10.2 Å². The first kappa shape index (κ1) is 17.7. The van der Waals surface area contributed by atoms with E-state index in [1.165, 1.54) is 44.5 Å². The van der Waals surface area contributed by atoms with Gasteiger partial charge in [-0.15, -0.1) is 0 Å². The van der Waals surface area contributed by atoms with Gasteiger partial charge in [-0.2, -0.15) is 0 Å². The lowest BCUT2D eigenvalue weighted by Gasteiger charge is -2.29. The smallest absolute Gasteiger partial charge is 0.321 e. The average Bonchev–Trinajstić information content (AvgIpc) is 3.06. The highest BCUT2D eigenvalue weighted by molar-refractivity contribution is 5.90. The van der Waals surface area contributed by atoms with Crippen molar-refractivity contribution in [3.05, 3.63) is 33.9 Å². The van der Waals surface area contributed by atoms with Crippen molar-refractivity contribution in [2.24, 2.45) is 5.92 Å². The van der Waals surface area contributed by atoms with E-state index in [9.17, 15) is 14.9 Å². The Morgan fingerprint density at radius 3 is 2.76 bits per heavy atom. The fourth-order valence-corrected chi connectivity index (χ4v) is 3.73. The predicted octanol–water partition coefficient (Wildman–Crippen LogP) is 3.24. The molecule has 0 radical (unpaired) electrons. The number of aryl methyl sites for hydroxylation is 1. The average molecular weight is 346 g/mol. The Kier molecular flexibility index (Phi) is 5.53. The number of hydrogen-bond acceptors (Lipinski definition) is 4. The van der Waals surface area contributed by atoms with Crippen LogP contribution < -0.4 is 5.32 Å². The number of carbonyl (C=O) groups is 1. The van der Waals surface area contributed by atoms with Crippen molar-refractivity contribution in [3.63, 3.8) is 0 Å². The molecule has 136 valence electrons. The summed E-state index contributed by atoms with van der Waals surface area (Å²) >= 11 is 0. The fraction of sp³-hybridized carbons (Fsp3) is 0.611. The van der Waals surface area contributed by atoms with Gasteiger partial charge in [0, 0.05) is 31.8 Å². The number of nitro groups is 1. The summed E-state index contributed by atoms with van der Waals surface area (Å²) in [5.41, 5.74) is 1.33. The minimum absolute atomic E-state index is 0.00898. The van der Waals surface area contributed by atoms with Gasteiger partial charge in [-0.05, 0) is 50.8 Å². The maximum atomic E-state index is 12.5. The number of nitrogens with zero attached hydrogens (tertiary/aromatic N) is 3. The zero-order valence-corrected chi connectivity index (χ0v) is 14.7. The van der Waals surface area contributed by atoms with Crippen LogP contribution in [-0.4, -0.2) is 53.5 Å². The Morgan fingerprint density at radius 1 is 1.28 bits per heavy atom. The summed E-state index contributed by atoms with van der Waals surface area (Å²) < 4.78 is 0. The van der Waals surface area contributed by atoms with Gasteiger partial charge in [0.1, 0.15) is 0 Å². The molecule has 2 saturated heterocycles. The second-order valence-electron chi connectivity index (χ2n) is 7.15. The molecule has 1 atom stereocenters. The molecule has 25 heavy (non-hydrogen) atoms. The number of urea groups is 1. The third kappa shape index (κ3) is 4.48. The van der Waals surface area contributed by atoms with E-state index in [-0.39, 0.29) is 11.7 Å². The predicted molar refractivity (Wildman–Crippen MR) is 96.8 cm³/mol. The minimum atomic E-state index is -0.445. The van der Waals surface area contributed by atoms with Crippen molar-refractivity contribution in [2.75, 3.05) is 38.0 Å². The third-order valence-electron chi connectivity index (χ3n) is 5.21. The molecule has 1 unspecified atom stereocenters. The molecule has 2 heterocycles. The SMILES string of the molecule is Cc1ccc([N+](=O)[O-])cc1NC(=O)N1CCC(CN2CCCCC2)C1. The van der Waals surface area contributed by atoms with E-state index in [4.69, 9.17) is 0 Å². The Morgan fingerprint density at radius 2 is 2.04 bits per heavy atom. The summed E-state index contributed by atoms with van der Waals surface area (Å²) in [6, 6.07) is 4.38. The van der Waals surface area contributed by atoms with Gasteiger partial charge in [-0.3, -0.25) is 10.1 Å². The molecule has 0 saturated carbocycles. The van der Waals surface area contributed by atoms with Gasteiger partial charge < -0.3 is 15.1 Å². The summed E-state index contributed by atoms with van der Waals surface area (Å²) in [5.74, 6) is 0.523. The fourth-order valence-electron chi connectivity index (χ4n) is 3.73. The molecule has 1 aromatic rings. The lowest BCUT2D eigenvalue weighted by atomic mass is 10.1. The molecule has 0 spiro atoms. The van der Waals surface area contributed by atoms with Gasteiger partial charge in [0.25, 0.3) is 5.69 Å². The quantitative estimate of drug-likeness (QED) is 0.670. The van der Waals surface area contributed by atoms with E-state index >= 15 is 0 Å². The first-order chi connectivity index (χ1) is 12.0. The number of amides is 2. The number of anilines is 1. The van der Waals surface area contributed by atoms with Crippen LogP contribution in [0.25, 0.3) is 0 Å². The number of non-ortho nitro benzene ring substituents is 1. The van der Waals surface area contributed by atoms with Crippen molar-refractivity contribution in [3.8, 4) is 0 Å². The number of piperidine rings is 1. The van der Waals surface area contributed by atoms with Gasteiger partial charge in [0.2, 0.25) is 0 Å². The number of hydrogen-bond donors (Lipinski definition) is 1. The van der Waals surface area contributed by atoms with Gasteiger partial charge >= 0.3 is 6.03 Å². The highest BCUT2D eigenvalue weighted by Gasteiger charge is 2.28. The zero-order valence-electron chi connectivity index (χ0n) is 14.7. The summed E-state index contributed by atoms with van der Waals surface area (Å²) in [6.07, 6.45) is 4.92. The molecule has 7 heteroatoms. The lowest BCUT2D eigenvalue weighted by Crippen LogP contribution is -2.37. The lowest BCUT2D eigenvalue weighted by molar-refractivity contribution is -0.384. The topological polar surface area (TPSA) is 78.7 Å². The molecule has 2 amide bonds. The van der Waals surface area contributed by atoms with Crippen LogP contribution in [0, 0.1) is 23.0 Å². The first-order valence-corrected chi connectivity index (χ1v) is 9.06. The highest BCUT2D eigenvalue weighted by Crippen LogP contribution is 2.24. The molecule has 0 aliphatic carbocycles. The van der Waals surface area contributed by atoms with Crippen molar-refractivity contribution < 1.29 is 9.72 Å². The normalized spacial score (nSPS) is 21.3. The van der Waals surface area contributed by atoms with Crippen LogP contribution in [0.2, 0.25) is 0 Å². The largest absolute Gasteiger partial charge is 0.324 e. The van der Waals surface area contributed by atoms with Crippen LogP contribution >= 0.6 is 0 Å². The van der Waals surface area contributed by atoms with E-state index in [0.29, 0.717) is 11.6 Å². The van der Waals surface area contributed by atoms with Gasteiger partial charge in [0.15, 0.2) is 0 Å². The van der Waals surface area contributed by atoms with E-state index in [1.54, 1.807) is 6.07 Å². The van der Waals surface area contributed by atoms with Crippen LogP contribution in [0.5, 0.6) is 0 Å². The monoisotopic (exact) mass is 346 g/mol. The van der Waals surface area contributed by atoms with Crippen molar-refractivity contribution in [2.45, 2.75) is 32.6 Å². The summed E-state index contributed by atoms with van der Waals surface area (Å²) in [6.45, 7) is 6.77. The second kappa shape index (κ2) is 7.82. The van der Waals surface area contributed by atoms with Crippen LogP contribution in [0.1, 0.15) is 31.2 Å². The van der Waals surface area contributed by atoms with Crippen LogP contribution in [-0.2, 0) is 0 Å². The van der Waals surface area contributed by atoms with Crippen molar-refractivity contribution in [1.82, 2.24) is 9.80 Å². The highest BCUT2D eigenvalue weighted by atomic mass is 16.6. The number of likely N-dealkylation sites (tertiary alicyclic amines) is 2. The minimum Gasteiger partial charge on any atom is -0.324 e. The third-order valence-corrected chi connectivity index (χ3v) is 5.21. The number of nitrogens with one attached hydrogen (secondary N) is 1. The summed E-state index contributed by atoms with van der Waals surface area (Å²) in [4.78, 5) is 27.3. The molecular weight excluding hydrogens is 320 g/mol. The molecule has 2 fully saturated rings. The maximum absolute atomic E-state index is 12.5. The summed E-state index contributed by atoms with van der Waals surface area (Å²) in [5, 5.41) is 13.8. The Balaban J connectivity index is 1.55. The van der Waals surface area contributed by atoms with Crippen LogP contribution in [0.4, 0.5) is 16.2 Å². The molecule has 2 aliphatic heterocycles. The second-order valence-corrected chi connectivity index (χ2v) is 7.15. The molecule has 1 N–H and O–H groups in total. The molecule has 1 aromatic carbocycles. The number of carbonyl (C=O) groups excluding carboxylic acids is 1. The Hall–Kier alpha value is -2.15. The standard InChI is InChI=1S/C18H26N4O3/c1-14-5-6-16(22(24)25)11-17(14)19-18(23)21-10-7-15(13-21)12-20-8-3-2-4-9-20/h5-6,11,15H,2-4,7-10,12-13H2,1H3,(H,19,23). The Bertz CT molecular complexity index is 643. The Labute approximate surface area is 148 Å². The summed E-state index contributed by atoms with van der Waals surface area (Å²) in [7, 11) is 0. The van der Waals surface area contributed by atoms with E-state index in [0.717, 1.165) is 31.6 Å². The molecule has 0 aromatic heterocycles. The molecule has 3 rings (SSSR count). The van der Waals surface area contributed by atoms with E-state index < -0.39 is 4.92 Å². The van der Waals surface area contributed by atoms with E-state index in [1.807, 2.05) is 11.8 Å². The van der Waals surface area contributed by atoms with Crippen molar-refractivity contribution >= 4 is 17.4 Å². The first-order valence-electron chi connectivity index (χ1n) is 9.06. The number of nitro benzene ring substituents is 1. The molecule has 7 nitrogen and oxygen atoms in total. The molecular formula is C18H26N4O3. The van der Waals surface area contributed by atoms with Crippen LogP contribution in [0.15, 0.2) is 18.2 Å². The number of rotatable bonds is 4. The zero-order chi connectivity index (χ0) is 17.8. The van der Waals surface area contributed by atoms with Gasteiger partial charge in [-0.25, -0.2) is 4.79 Å². The molecule has 0 bridgehead atoms.